The highest BCUT2D eigenvalue weighted by Crippen LogP contribution is 2.22. The molecule has 0 spiro atoms. The Morgan fingerprint density at radius 2 is 1.96 bits per heavy atom. The van der Waals surface area contributed by atoms with Crippen molar-refractivity contribution in [3.63, 3.8) is 0 Å². The summed E-state index contributed by atoms with van der Waals surface area (Å²) in [5.41, 5.74) is 1.31. The van der Waals surface area contributed by atoms with Gasteiger partial charge in [0, 0.05) is 51.0 Å². The molecule has 2 aliphatic rings. The normalized spacial score (nSPS) is 22.0. The summed E-state index contributed by atoms with van der Waals surface area (Å²) in [6, 6.07) is 11.9. The standard InChI is InChI=1S/C20H33N5/c1-21-20(22-13-15-24(2)18-8-6-7-9-18)23-17-12-14-25(16-17)19-10-4-3-5-11-19/h3-5,10-11,17-18H,6-9,12-16H2,1-2H3,(H2,21,22,23). The third-order valence-electron chi connectivity index (χ3n) is 5.58. The predicted octanol–water partition coefficient (Wildman–Crippen LogP) is 2.30. The van der Waals surface area contributed by atoms with Gasteiger partial charge in [0.05, 0.1) is 0 Å². The maximum atomic E-state index is 4.40. The maximum absolute atomic E-state index is 4.40. The highest BCUT2D eigenvalue weighted by atomic mass is 15.3. The van der Waals surface area contributed by atoms with E-state index in [1.807, 2.05) is 7.05 Å². The predicted molar refractivity (Wildman–Crippen MR) is 106 cm³/mol. The Labute approximate surface area is 152 Å². The molecule has 2 fully saturated rings. The topological polar surface area (TPSA) is 42.9 Å². The first kappa shape index (κ1) is 18.1. The van der Waals surface area contributed by atoms with Crippen LogP contribution in [0.4, 0.5) is 5.69 Å². The van der Waals surface area contributed by atoms with Crippen LogP contribution in [-0.4, -0.2) is 63.2 Å². The molecule has 1 aliphatic carbocycles. The third kappa shape index (κ3) is 5.11. The summed E-state index contributed by atoms with van der Waals surface area (Å²) in [5.74, 6) is 0.930. The summed E-state index contributed by atoms with van der Waals surface area (Å²) in [5, 5.41) is 7.07. The minimum absolute atomic E-state index is 0.457. The number of benzene rings is 1. The summed E-state index contributed by atoms with van der Waals surface area (Å²) in [6.07, 6.45) is 6.66. The number of guanidine groups is 1. The fraction of sp³-hybridized carbons (Fsp3) is 0.650. The summed E-state index contributed by atoms with van der Waals surface area (Å²) in [6.45, 7) is 4.16. The molecule has 1 unspecified atom stereocenters. The average molecular weight is 344 g/mol. The van der Waals surface area contributed by atoms with Gasteiger partial charge in [-0.15, -0.1) is 0 Å². The fourth-order valence-electron chi connectivity index (χ4n) is 4.02. The SMILES string of the molecule is CN=C(NCCN(C)C1CCCC1)NC1CCN(c2ccccc2)C1. The van der Waals surface area contributed by atoms with Crippen LogP contribution in [0.25, 0.3) is 0 Å². The van der Waals surface area contributed by atoms with Crippen LogP contribution in [0.2, 0.25) is 0 Å². The number of rotatable bonds is 6. The monoisotopic (exact) mass is 343 g/mol. The van der Waals surface area contributed by atoms with E-state index in [2.05, 4.69) is 62.8 Å². The van der Waals surface area contributed by atoms with Gasteiger partial charge < -0.3 is 20.4 Å². The Hall–Kier alpha value is -1.75. The number of likely N-dealkylation sites (N-methyl/N-ethyl adjacent to an activating group) is 1. The van der Waals surface area contributed by atoms with E-state index in [0.29, 0.717) is 6.04 Å². The van der Waals surface area contributed by atoms with Gasteiger partial charge in [-0.05, 0) is 38.4 Å². The molecule has 25 heavy (non-hydrogen) atoms. The molecule has 1 aliphatic heterocycles. The van der Waals surface area contributed by atoms with E-state index >= 15 is 0 Å². The van der Waals surface area contributed by atoms with E-state index in [1.54, 1.807) is 0 Å². The molecule has 3 rings (SSSR count). The smallest absolute Gasteiger partial charge is 0.191 e. The molecule has 2 N–H and O–H groups in total. The van der Waals surface area contributed by atoms with Crippen molar-refractivity contribution in [3.05, 3.63) is 30.3 Å². The molecule has 138 valence electrons. The summed E-state index contributed by atoms with van der Waals surface area (Å²) in [7, 11) is 4.11. The lowest BCUT2D eigenvalue weighted by Crippen LogP contribution is -2.47. The van der Waals surface area contributed by atoms with Gasteiger partial charge in [0.2, 0.25) is 0 Å². The van der Waals surface area contributed by atoms with Crippen molar-refractivity contribution in [1.82, 2.24) is 15.5 Å². The molecule has 1 aromatic carbocycles. The quantitative estimate of drug-likeness (QED) is 0.614. The number of para-hydroxylation sites is 1. The number of anilines is 1. The van der Waals surface area contributed by atoms with Crippen LogP contribution in [0.3, 0.4) is 0 Å². The number of aliphatic imine (C=N–C) groups is 1. The highest BCUT2D eigenvalue weighted by Gasteiger charge is 2.23. The second kappa shape index (κ2) is 9.09. The van der Waals surface area contributed by atoms with Crippen molar-refractivity contribution in [2.75, 3.05) is 45.2 Å². The molecule has 0 bridgehead atoms. The van der Waals surface area contributed by atoms with E-state index in [-0.39, 0.29) is 0 Å². The number of nitrogens with zero attached hydrogens (tertiary/aromatic N) is 3. The van der Waals surface area contributed by atoms with Crippen molar-refractivity contribution >= 4 is 11.6 Å². The first-order chi connectivity index (χ1) is 12.3. The van der Waals surface area contributed by atoms with Gasteiger partial charge in [-0.3, -0.25) is 4.99 Å². The minimum Gasteiger partial charge on any atom is -0.369 e. The van der Waals surface area contributed by atoms with Gasteiger partial charge in [0.25, 0.3) is 0 Å². The first-order valence-corrected chi connectivity index (χ1v) is 9.73. The van der Waals surface area contributed by atoms with Crippen LogP contribution in [0.1, 0.15) is 32.1 Å². The van der Waals surface area contributed by atoms with E-state index < -0.39 is 0 Å². The van der Waals surface area contributed by atoms with E-state index in [0.717, 1.165) is 44.6 Å². The van der Waals surface area contributed by atoms with Crippen molar-refractivity contribution in [2.45, 2.75) is 44.2 Å². The average Bonchev–Trinajstić information content (AvgIpc) is 3.33. The van der Waals surface area contributed by atoms with Gasteiger partial charge >= 0.3 is 0 Å². The molecular weight excluding hydrogens is 310 g/mol. The molecule has 0 amide bonds. The largest absolute Gasteiger partial charge is 0.369 e. The van der Waals surface area contributed by atoms with Gasteiger partial charge in [-0.25, -0.2) is 0 Å². The van der Waals surface area contributed by atoms with Crippen molar-refractivity contribution in [2.24, 2.45) is 4.99 Å². The van der Waals surface area contributed by atoms with E-state index in [1.165, 1.54) is 31.4 Å². The van der Waals surface area contributed by atoms with E-state index in [9.17, 15) is 0 Å². The lowest BCUT2D eigenvalue weighted by Gasteiger charge is -2.25. The molecule has 1 saturated carbocycles. The Balaban J connectivity index is 1.39. The summed E-state index contributed by atoms with van der Waals surface area (Å²) >= 11 is 0. The van der Waals surface area contributed by atoms with Crippen molar-refractivity contribution in [3.8, 4) is 0 Å². The van der Waals surface area contributed by atoms with Gasteiger partial charge in [0.15, 0.2) is 5.96 Å². The Bertz CT molecular complexity index is 538. The molecule has 5 nitrogen and oxygen atoms in total. The molecule has 1 aromatic rings. The zero-order valence-electron chi connectivity index (χ0n) is 15.7. The van der Waals surface area contributed by atoms with Crippen molar-refractivity contribution < 1.29 is 0 Å². The molecule has 0 aromatic heterocycles. The maximum Gasteiger partial charge on any atom is 0.191 e. The van der Waals surface area contributed by atoms with Crippen LogP contribution in [-0.2, 0) is 0 Å². The number of hydrogen-bond donors (Lipinski definition) is 2. The Morgan fingerprint density at radius 3 is 2.68 bits per heavy atom. The zero-order valence-corrected chi connectivity index (χ0v) is 15.7. The third-order valence-corrected chi connectivity index (χ3v) is 5.58. The van der Waals surface area contributed by atoms with Crippen LogP contribution in [0, 0.1) is 0 Å². The lowest BCUT2D eigenvalue weighted by molar-refractivity contribution is 0.249. The summed E-state index contributed by atoms with van der Waals surface area (Å²) < 4.78 is 0. The molecule has 0 radical (unpaired) electrons. The van der Waals surface area contributed by atoms with Gasteiger partial charge in [0.1, 0.15) is 0 Å². The lowest BCUT2D eigenvalue weighted by atomic mass is 10.2. The fourth-order valence-corrected chi connectivity index (χ4v) is 4.02. The Morgan fingerprint density at radius 1 is 1.20 bits per heavy atom. The first-order valence-electron chi connectivity index (χ1n) is 9.73. The van der Waals surface area contributed by atoms with Crippen LogP contribution in [0.15, 0.2) is 35.3 Å². The van der Waals surface area contributed by atoms with Crippen LogP contribution >= 0.6 is 0 Å². The molecular formula is C20H33N5. The highest BCUT2D eigenvalue weighted by molar-refractivity contribution is 5.80. The van der Waals surface area contributed by atoms with Crippen molar-refractivity contribution in [1.29, 1.82) is 0 Å². The van der Waals surface area contributed by atoms with Gasteiger partial charge in [-0.2, -0.15) is 0 Å². The molecule has 1 saturated heterocycles. The van der Waals surface area contributed by atoms with Gasteiger partial charge in [-0.1, -0.05) is 31.0 Å². The number of nitrogens with one attached hydrogen (secondary N) is 2. The van der Waals surface area contributed by atoms with Crippen LogP contribution < -0.4 is 15.5 Å². The van der Waals surface area contributed by atoms with E-state index in [4.69, 9.17) is 0 Å². The second-order valence-electron chi connectivity index (χ2n) is 7.33. The zero-order chi connectivity index (χ0) is 17.5. The summed E-state index contributed by atoms with van der Waals surface area (Å²) in [4.78, 5) is 9.34. The number of hydrogen-bond acceptors (Lipinski definition) is 3. The Kier molecular flexibility index (Phi) is 6.56. The molecule has 1 atom stereocenters. The second-order valence-corrected chi connectivity index (χ2v) is 7.33. The molecule has 1 heterocycles. The molecule has 5 heteroatoms. The minimum atomic E-state index is 0.457. The van der Waals surface area contributed by atoms with Crippen LogP contribution in [0.5, 0.6) is 0 Å².